The zero-order valence-electron chi connectivity index (χ0n) is 8.98. The van der Waals surface area contributed by atoms with Gasteiger partial charge < -0.3 is 26.4 Å². The summed E-state index contributed by atoms with van der Waals surface area (Å²) in [5, 5.41) is 26.6. The maximum absolute atomic E-state index is 9.12. The van der Waals surface area contributed by atoms with E-state index in [1.807, 2.05) is 0 Å². The summed E-state index contributed by atoms with van der Waals surface area (Å²) in [7, 11) is 0. The van der Waals surface area contributed by atoms with Crippen molar-refractivity contribution in [1.29, 1.82) is 0 Å². The van der Waals surface area contributed by atoms with Gasteiger partial charge >= 0.3 is 5.97 Å². The van der Waals surface area contributed by atoms with Crippen LogP contribution in [0.1, 0.15) is 19.3 Å². The van der Waals surface area contributed by atoms with Gasteiger partial charge in [-0.25, -0.2) is 4.79 Å². The highest BCUT2D eigenvalue weighted by molar-refractivity contribution is 5.67. The van der Waals surface area contributed by atoms with E-state index in [1.54, 1.807) is 0 Å². The van der Waals surface area contributed by atoms with E-state index in [0.717, 1.165) is 38.9 Å². The van der Waals surface area contributed by atoms with Crippen molar-refractivity contribution in [3.63, 3.8) is 0 Å². The third-order valence-corrected chi connectivity index (χ3v) is 1.45. The van der Waals surface area contributed by atoms with Crippen molar-refractivity contribution in [2.75, 3.05) is 32.8 Å². The number of carboxylic acids is 1. The van der Waals surface area contributed by atoms with Crippen LogP contribution in [0.5, 0.6) is 0 Å². The van der Waals surface area contributed by atoms with Gasteiger partial charge in [0.05, 0.1) is 0 Å². The molecule has 6 nitrogen and oxygen atoms in total. The molecule has 0 aliphatic heterocycles. The molecule has 6 N–H and O–H groups in total. The first-order valence-electron chi connectivity index (χ1n) is 5.03. The summed E-state index contributed by atoms with van der Waals surface area (Å²) >= 11 is 0. The second kappa shape index (κ2) is 15.8. The number of unbranched alkanes of at least 4 members (excludes halogenated alkanes) is 1. The zero-order valence-corrected chi connectivity index (χ0v) is 8.98. The fourth-order valence-electron chi connectivity index (χ4n) is 0.723. The number of aliphatic hydroxyl groups excluding tert-OH is 2. The number of carboxylic acid groups (broad SMARTS) is 1. The summed E-state index contributed by atoms with van der Waals surface area (Å²) < 4.78 is 0. The van der Waals surface area contributed by atoms with E-state index in [9.17, 15) is 0 Å². The molecule has 15 heavy (non-hydrogen) atoms. The summed E-state index contributed by atoms with van der Waals surface area (Å²) in [4.78, 5) is 9.12. The molecule has 0 fully saturated rings. The van der Waals surface area contributed by atoms with Gasteiger partial charge in [-0.3, -0.25) is 0 Å². The molecule has 0 unspecified atom stereocenters. The van der Waals surface area contributed by atoms with Crippen LogP contribution in [-0.4, -0.2) is 54.1 Å². The van der Waals surface area contributed by atoms with Gasteiger partial charge in [-0.1, -0.05) is 0 Å². The first-order chi connectivity index (χ1) is 7.18. The van der Waals surface area contributed by atoms with E-state index in [2.05, 4.69) is 5.32 Å². The van der Waals surface area contributed by atoms with Gasteiger partial charge in [0.15, 0.2) is 0 Å². The summed E-state index contributed by atoms with van der Waals surface area (Å²) in [5.74, 6) is -1.19. The maximum atomic E-state index is 9.12. The molecule has 0 saturated heterocycles. The fourth-order valence-corrected chi connectivity index (χ4v) is 0.723. The first-order valence-corrected chi connectivity index (χ1v) is 5.03. The Bertz CT molecular complexity index is 125. The second-order valence-electron chi connectivity index (χ2n) is 2.87. The molecule has 0 aromatic rings. The molecule has 0 bridgehead atoms. The van der Waals surface area contributed by atoms with E-state index in [1.165, 1.54) is 0 Å². The quantitative estimate of drug-likeness (QED) is 0.328. The average Bonchev–Trinajstić information content (AvgIpc) is 2.24. The van der Waals surface area contributed by atoms with E-state index < -0.39 is 12.6 Å². The lowest BCUT2D eigenvalue weighted by Crippen LogP contribution is -2.18. The molecular weight excluding hydrogens is 200 g/mol. The lowest BCUT2D eigenvalue weighted by Gasteiger charge is -2.00. The van der Waals surface area contributed by atoms with Crippen molar-refractivity contribution in [3.8, 4) is 0 Å². The van der Waals surface area contributed by atoms with E-state index in [4.69, 9.17) is 25.8 Å². The molecule has 92 valence electrons. The number of aliphatic carboxylic acids is 1. The molecule has 0 aliphatic rings. The van der Waals surface area contributed by atoms with Gasteiger partial charge in [0.25, 0.3) is 0 Å². The van der Waals surface area contributed by atoms with Crippen molar-refractivity contribution >= 4 is 5.97 Å². The summed E-state index contributed by atoms with van der Waals surface area (Å²) in [6, 6.07) is 0. The normalized spacial score (nSPS) is 9.27. The minimum absolute atomic E-state index is 0.282. The zero-order chi connectivity index (χ0) is 11.9. The number of carbonyl (C=O) groups is 1. The molecule has 0 spiro atoms. The molecule has 6 heteroatoms. The van der Waals surface area contributed by atoms with Crippen LogP contribution in [-0.2, 0) is 4.79 Å². The third kappa shape index (κ3) is 24.7. The molecule has 0 aromatic carbocycles. The summed E-state index contributed by atoms with van der Waals surface area (Å²) in [6.07, 6.45) is 3.08. The lowest BCUT2D eigenvalue weighted by molar-refractivity contribution is -0.140. The Balaban J connectivity index is 0. The van der Waals surface area contributed by atoms with Gasteiger partial charge in [0.2, 0.25) is 0 Å². The van der Waals surface area contributed by atoms with Gasteiger partial charge in [-0.05, 0) is 38.9 Å². The predicted octanol–water partition coefficient (Wildman–Crippen LogP) is -1.24. The number of hydrogen-bond acceptors (Lipinski definition) is 5. The predicted molar refractivity (Wildman–Crippen MR) is 57.6 cm³/mol. The van der Waals surface area contributed by atoms with E-state index in [0.29, 0.717) is 0 Å². The van der Waals surface area contributed by atoms with Crippen LogP contribution in [0, 0.1) is 0 Å². The Morgan fingerprint density at radius 1 is 1.13 bits per heavy atom. The molecule has 0 rings (SSSR count). The molecule has 0 aliphatic carbocycles. The Kier molecular flexibility index (Phi) is 17.6. The smallest absolute Gasteiger partial charge is 0.329 e. The highest BCUT2D eigenvalue weighted by Gasteiger charge is 1.86. The first kappa shape index (κ1) is 16.7. The van der Waals surface area contributed by atoms with Crippen LogP contribution < -0.4 is 11.1 Å². The van der Waals surface area contributed by atoms with E-state index >= 15 is 0 Å². The largest absolute Gasteiger partial charge is 0.480 e. The minimum Gasteiger partial charge on any atom is -0.480 e. The standard InChI is InChI=1S/C7H18N2O.C2H4O3/c8-4-1-2-5-9-6-3-7-10;3-1-2(4)5/h9-10H,1-8H2;3H,1H2,(H,4,5). The molecular formula is C9H22N2O4. The third-order valence-electron chi connectivity index (χ3n) is 1.45. The van der Waals surface area contributed by atoms with Crippen LogP contribution in [0.15, 0.2) is 0 Å². The fraction of sp³-hybridized carbons (Fsp3) is 0.889. The van der Waals surface area contributed by atoms with Gasteiger partial charge in [0.1, 0.15) is 6.61 Å². The summed E-state index contributed by atoms with van der Waals surface area (Å²) in [5.41, 5.74) is 5.30. The molecule has 0 radical (unpaired) electrons. The number of aliphatic hydroxyl groups is 2. The monoisotopic (exact) mass is 222 g/mol. The van der Waals surface area contributed by atoms with E-state index in [-0.39, 0.29) is 6.61 Å². The molecule has 0 aromatic heterocycles. The molecule has 0 heterocycles. The average molecular weight is 222 g/mol. The highest BCUT2D eigenvalue weighted by atomic mass is 16.4. The Hall–Kier alpha value is -0.690. The Morgan fingerprint density at radius 3 is 2.07 bits per heavy atom. The van der Waals surface area contributed by atoms with Crippen molar-refractivity contribution in [3.05, 3.63) is 0 Å². The Morgan fingerprint density at radius 2 is 1.67 bits per heavy atom. The minimum atomic E-state index is -1.19. The second-order valence-corrected chi connectivity index (χ2v) is 2.87. The topological polar surface area (TPSA) is 116 Å². The van der Waals surface area contributed by atoms with Gasteiger partial charge in [-0.15, -0.1) is 0 Å². The van der Waals surface area contributed by atoms with Crippen LogP contribution in [0.4, 0.5) is 0 Å². The highest BCUT2D eigenvalue weighted by Crippen LogP contribution is 1.82. The molecule has 0 saturated carbocycles. The van der Waals surface area contributed by atoms with Gasteiger partial charge in [0, 0.05) is 6.61 Å². The Labute approximate surface area is 90.1 Å². The molecule has 0 amide bonds. The number of hydrogen-bond donors (Lipinski definition) is 5. The van der Waals surface area contributed by atoms with Crippen LogP contribution in [0.25, 0.3) is 0 Å². The summed E-state index contributed by atoms with van der Waals surface area (Å²) in [6.45, 7) is 2.23. The van der Waals surface area contributed by atoms with Crippen molar-refractivity contribution in [1.82, 2.24) is 5.32 Å². The van der Waals surface area contributed by atoms with Crippen LogP contribution in [0.3, 0.4) is 0 Å². The maximum Gasteiger partial charge on any atom is 0.329 e. The van der Waals surface area contributed by atoms with Crippen molar-refractivity contribution in [2.24, 2.45) is 5.73 Å². The van der Waals surface area contributed by atoms with Crippen molar-refractivity contribution in [2.45, 2.75) is 19.3 Å². The number of nitrogens with two attached hydrogens (primary N) is 1. The number of rotatable bonds is 8. The SMILES string of the molecule is NCCCCNCCCO.O=C(O)CO. The van der Waals surface area contributed by atoms with Crippen LogP contribution in [0.2, 0.25) is 0 Å². The number of nitrogens with one attached hydrogen (secondary N) is 1. The van der Waals surface area contributed by atoms with Crippen LogP contribution >= 0.6 is 0 Å². The molecule has 0 atom stereocenters. The van der Waals surface area contributed by atoms with Gasteiger partial charge in [-0.2, -0.15) is 0 Å². The lowest BCUT2D eigenvalue weighted by atomic mass is 10.3. The van der Waals surface area contributed by atoms with Crippen molar-refractivity contribution < 1.29 is 20.1 Å².